The Kier molecular flexibility index (Phi) is 174. The van der Waals surface area contributed by atoms with Crippen molar-refractivity contribution in [3.8, 4) is 0 Å². The van der Waals surface area contributed by atoms with Gasteiger partial charge in [0.15, 0.2) is 0 Å². The van der Waals surface area contributed by atoms with E-state index in [1.165, 1.54) is 298 Å². The van der Waals surface area contributed by atoms with Crippen molar-refractivity contribution in [2.75, 3.05) is 137 Å². The third-order valence-electron chi connectivity index (χ3n) is 18.5. The molecule has 0 spiro atoms. The van der Waals surface area contributed by atoms with Gasteiger partial charge >= 0.3 is 0 Å². The molecule has 4 aliphatic rings. The van der Waals surface area contributed by atoms with E-state index in [-0.39, 0.29) is 0 Å². The topological polar surface area (TPSA) is 22.7 Å². The molecule has 0 saturated heterocycles. The molecule has 0 aromatic carbocycles. The van der Waals surface area contributed by atoms with Gasteiger partial charge in [-0.25, -0.2) is 0 Å². The fraction of sp³-hybridized carbons (Fsp3) is 1.00. The molecule has 4 fully saturated rings. The number of nitrogens with zero attached hydrogens (tertiary/aromatic N) is 7. The highest BCUT2D eigenvalue weighted by Crippen LogP contribution is 2.29. The van der Waals surface area contributed by atoms with Gasteiger partial charge in [0.1, 0.15) is 0 Å². The summed E-state index contributed by atoms with van der Waals surface area (Å²) in [6, 6.07) is 0. The highest BCUT2D eigenvalue weighted by molar-refractivity contribution is 4.74. The summed E-state index contributed by atoms with van der Waals surface area (Å²) in [7, 11) is 0. The molecular formula is C93H221N7. The standard InChI is InChI=1S/C12H25N.3C11H23N.2C9H21N.C8H19N.11C2H6/c1-4-13(5-2)10-12-8-6-7-11(3)9-12;3*1-3-12(4-2)10-11-8-6-5-7-9-11;1-5-10(6-2)8-7-9(3)4;1-4-7-8-9-10(5-2)6-3;1-4-7-8-9(5-2)6-3;11*1-2/h11-12H,4-10H2,1-3H3;3*11H,3-10H2,1-2H3;9H,5-8H2,1-4H3;4-9H2,1-3H3;4-8H2,1-3H3;11*1-2H3. The summed E-state index contributed by atoms with van der Waals surface area (Å²) >= 11 is 0. The lowest BCUT2D eigenvalue weighted by Crippen LogP contribution is -2.31. The van der Waals surface area contributed by atoms with Gasteiger partial charge in [-0.05, 0) is 217 Å². The van der Waals surface area contributed by atoms with Gasteiger partial charge in [0.25, 0.3) is 0 Å². The normalized spacial score (nSPS) is 15.0. The zero-order valence-corrected chi connectivity index (χ0v) is 80.1. The Hall–Kier alpha value is -0.280. The number of unbranched alkanes of at least 4 members (excludes halogenated alkanes) is 3. The summed E-state index contributed by atoms with van der Waals surface area (Å²) in [6.45, 7) is 113. The molecule has 0 aliphatic heterocycles. The van der Waals surface area contributed by atoms with Crippen LogP contribution in [-0.2, 0) is 0 Å². The van der Waals surface area contributed by atoms with E-state index in [1.54, 1.807) is 0 Å². The Morgan fingerprint density at radius 2 is 0.440 bits per heavy atom. The van der Waals surface area contributed by atoms with Gasteiger partial charge in [-0.2, -0.15) is 0 Å². The van der Waals surface area contributed by atoms with Gasteiger partial charge in [-0.15, -0.1) is 0 Å². The van der Waals surface area contributed by atoms with Crippen LogP contribution in [0.25, 0.3) is 0 Å². The summed E-state index contributed by atoms with van der Waals surface area (Å²) in [5, 5.41) is 0. The third kappa shape index (κ3) is 109. The quantitative estimate of drug-likeness (QED) is 0.0618. The minimum atomic E-state index is 0.848. The van der Waals surface area contributed by atoms with Crippen LogP contribution < -0.4 is 0 Å². The first-order chi connectivity index (χ1) is 48.7. The van der Waals surface area contributed by atoms with Crippen LogP contribution in [0.4, 0.5) is 0 Å². The molecule has 4 rings (SSSR count). The van der Waals surface area contributed by atoms with Gasteiger partial charge in [0, 0.05) is 26.2 Å². The van der Waals surface area contributed by atoms with Gasteiger partial charge in [0.05, 0.1) is 0 Å². The van der Waals surface area contributed by atoms with Gasteiger partial charge in [-0.1, -0.05) is 374 Å². The molecule has 4 aliphatic carbocycles. The summed E-state index contributed by atoms with van der Waals surface area (Å²) in [4.78, 5) is 17.7. The molecule has 7 nitrogen and oxygen atoms in total. The van der Waals surface area contributed by atoms with Crippen LogP contribution in [-0.4, -0.2) is 172 Å². The Balaban J connectivity index is -0.0000000687. The van der Waals surface area contributed by atoms with Crippen molar-refractivity contribution in [1.82, 2.24) is 34.3 Å². The molecule has 2 atom stereocenters. The summed E-state index contributed by atoms with van der Waals surface area (Å²) in [5.41, 5.74) is 0. The van der Waals surface area contributed by atoms with Crippen molar-refractivity contribution in [3.63, 3.8) is 0 Å². The summed E-state index contributed by atoms with van der Waals surface area (Å²) in [6.07, 6.45) is 36.2. The first-order valence-corrected chi connectivity index (χ1v) is 46.8. The zero-order chi connectivity index (χ0) is 81.0. The smallest absolute Gasteiger partial charge is 0.000952 e. The monoisotopic (exact) mass is 1440 g/mol. The highest BCUT2D eigenvalue weighted by atomic mass is 15.1. The molecule has 7 heteroatoms. The second kappa shape index (κ2) is 131. The van der Waals surface area contributed by atoms with Crippen molar-refractivity contribution >= 4 is 0 Å². The zero-order valence-electron chi connectivity index (χ0n) is 80.1. The maximum atomic E-state index is 2.57. The number of hydrogen-bond acceptors (Lipinski definition) is 7. The lowest BCUT2D eigenvalue weighted by atomic mass is 9.82. The second-order valence-electron chi connectivity index (χ2n) is 24.9. The molecule has 0 heterocycles. The van der Waals surface area contributed by atoms with Crippen molar-refractivity contribution in [1.29, 1.82) is 0 Å². The lowest BCUT2D eigenvalue weighted by Gasteiger charge is -2.31. The molecule has 0 amide bonds. The van der Waals surface area contributed by atoms with E-state index in [2.05, 4.69) is 166 Å². The van der Waals surface area contributed by atoms with Gasteiger partial charge in [-0.3, -0.25) is 0 Å². The Morgan fingerprint density at radius 1 is 0.230 bits per heavy atom. The molecule has 0 aromatic heterocycles. The molecule has 0 bridgehead atoms. The average Bonchev–Trinajstić information content (AvgIpc) is 0.994. The molecule has 2 unspecified atom stereocenters. The van der Waals surface area contributed by atoms with Crippen LogP contribution in [0, 0.1) is 35.5 Å². The van der Waals surface area contributed by atoms with E-state index in [1.807, 2.05) is 152 Å². The highest BCUT2D eigenvalue weighted by Gasteiger charge is 2.21. The minimum absolute atomic E-state index is 0.848. The Morgan fingerprint density at radius 3 is 0.650 bits per heavy atom. The van der Waals surface area contributed by atoms with E-state index in [9.17, 15) is 0 Å². The third-order valence-corrected chi connectivity index (χ3v) is 18.5. The van der Waals surface area contributed by atoms with Crippen LogP contribution in [0.3, 0.4) is 0 Å². The molecular weight excluding hydrogens is 1220 g/mol. The van der Waals surface area contributed by atoms with Crippen LogP contribution in [0.5, 0.6) is 0 Å². The SMILES string of the molecule is CC.CC.CC.CC.CC.CC.CC.CC.CC.CC.CC.CCCCCN(CC)CC.CCCCN(CC)CC.CCN(CC)CC1CCCC(C)C1.CCN(CC)CC1CCCCC1.CCN(CC)CC1CCCCC1.CCN(CC)CC1CCCCC1.CCN(CC)CCC(C)C. The molecule has 0 N–H and O–H groups in total. The molecule has 100 heavy (non-hydrogen) atoms. The maximum absolute atomic E-state index is 2.57. The van der Waals surface area contributed by atoms with Crippen LogP contribution in [0.1, 0.15) is 444 Å². The van der Waals surface area contributed by atoms with Gasteiger partial charge < -0.3 is 34.3 Å². The van der Waals surface area contributed by atoms with Gasteiger partial charge in [0.2, 0.25) is 0 Å². The van der Waals surface area contributed by atoms with Crippen molar-refractivity contribution in [2.45, 2.75) is 444 Å². The average molecular weight is 1440 g/mol. The fourth-order valence-electron chi connectivity index (χ4n) is 12.2. The van der Waals surface area contributed by atoms with E-state index >= 15 is 0 Å². The summed E-state index contributed by atoms with van der Waals surface area (Å²) < 4.78 is 0. The van der Waals surface area contributed by atoms with E-state index in [4.69, 9.17) is 0 Å². The van der Waals surface area contributed by atoms with Crippen LogP contribution in [0.15, 0.2) is 0 Å². The molecule has 628 valence electrons. The molecule has 4 saturated carbocycles. The van der Waals surface area contributed by atoms with Crippen molar-refractivity contribution < 1.29 is 0 Å². The van der Waals surface area contributed by atoms with E-state index in [0.717, 1.165) is 35.5 Å². The predicted octanol–water partition coefficient (Wildman–Crippen LogP) is 30.2. The van der Waals surface area contributed by atoms with Crippen molar-refractivity contribution in [3.05, 3.63) is 0 Å². The lowest BCUT2D eigenvalue weighted by molar-refractivity contribution is 0.191. The van der Waals surface area contributed by atoms with Crippen LogP contribution >= 0.6 is 0 Å². The number of hydrogen-bond donors (Lipinski definition) is 0. The summed E-state index contributed by atoms with van der Waals surface area (Å²) in [5.74, 6) is 5.86. The van der Waals surface area contributed by atoms with Crippen molar-refractivity contribution in [2.24, 2.45) is 35.5 Å². The first-order valence-electron chi connectivity index (χ1n) is 46.8. The second-order valence-corrected chi connectivity index (χ2v) is 24.9. The molecule has 0 radical (unpaired) electrons. The van der Waals surface area contributed by atoms with E-state index in [0.29, 0.717) is 0 Å². The minimum Gasteiger partial charge on any atom is -0.304 e. The Labute approximate surface area is 648 Å². The Bertz CT molecular complexity index is 1010. The largest absolute Gasteiger partial charge is 0.304 e. The fourth-order valence-corrected chi connectivity index (χ4v) is 12.2. The molecule has 0 aromatic rings. The predicted molar refractivity (Wildman–Crippen MR) is 484 cm³/mol. The van der Waals surface area contributed by atoms with E-state index < -0.39 is 0 Å². The first kappa shape index (κ1) is 132. The van der Waals surface area contributed by atoms with Crippen LogP contribution in [0.2, 0.25) is 0 Å². The number of rotatable bonds is 32. The maximum Gasteiger partial charge on any atom is 0.000952 e.